The summed E-state index contributed by atoms with van der Waals surface area (Å²) in [6, 6.07) is 3.97. The standard InChI is InChI=1S/C12H12F2N4S/c1-18-8(2-3-17-18)6-16-11-9(13)4-7(12(15)19)5-10(11)14/h2-5,16H,6H2,1H3,(H2,15,19). The number of benzene rings is 1. The minimum Gasteiger partial charge on any atom is -0.389 e. The van der Waals surface area contributed by atoms with Gasteiger partial charge in [0.1, 0.15) is 22.3 Å². The van der Waals surface area contributed by atoms with Crippen LogP contribution in [0.3, 0.4) is 0 Å². The Labute approximate surface area is 114 Å². The van der Waals surface area contributed by atoms with Crippen molar-refractivity contribution in [1.82, 2.24) is 9.78 Å². The Hall–Kier alpha value is -2.02. The Bertz CT molecular complexity index is 601. The summed E-state index contributed by atoms with van der Waals surface area (Å²) >= 11 is 4.68. The Kier molecular flexibility index (Phi) is 3.75. The third-order valence-corrected chi connectivity index (χ3v) is 2.93. The summed E-state index contributed by atoms with van der Waals surface area (Å²) in [6.07, 6.45) is 1.61. The molecule has 0 amide bonds. The molecule has 0 bridgehead atoms. The van der Waals surface area contributed by atoms with E-state index < -0.39 is 11.6 Å². The van der Waals surface area contributed by atoms with E-state index in [2.05, 4.69) is 22.6 Å². The first-order chi connectivity index (χ1) is 8.99. The number of nitrogens with one attached hydrogen (secondary N) is 1. The second-order valence-corrected chi connectivity index (χ2v) is 4.42. The smallest absolute Gasteiger partial charge is 0.150 e. The van der Waals surface area contributed by atoms with E-state index in [9.17, 15) is 8.78 Å². The minimum atomic E-state index is -0.732. The second-order valence-electron chi connectivity index (χ2n) is 3.98. The number of rotatable bonds is 4. The maximum Gasteiger partial charge on any atom is 0.150 e. The molecule has 1 heterocycles. The summed E-state index contributed by atoms with van der Waals surface area (Å²) in [5.41, 5.74) is 6.10. The van der Waals surface area contributed by atoms with E-state index in [1.165, 1.54) is 0 Å². The van der Waals surface area contributed by atoms with Gasteiger partial charge in [0.05, 0.1) is 12.2 Å². The summed E-state index contributed by atoms with van der Waals surface area (Å²) in [7, 11) is 1.75. The molecule has 0 aliphatic rings. The maximum absolute atomic E-state index is 13.8. The Morgan fingerprint density at radius 2 is 2.05 bits per heavy atom. The molecular formula is C12H12F2N4S. The third kappa shape index (κ3) is 2.87. The number of thiocarbonyl (C=S) groups is 1. The fourth-order valence-corrected chi connectivity index (χ4v) is 1.76. The topological polar surface area (TPSA) is 55.9 Å². The van der Waals surface area contributed by atoms with Crippen molar-refractivity contribution in [3.63, 3.8) is 0 Å². The van der Waals surface area contributed by atoms with Crippen LogP contribution in [0.15, 0.2) is 24.4 Å². The average molecular weight is 282 g/mol. The number of anilines is 1. The Morgan fingerprint density at radius 1 is 1.42 bits per heavy atom. The van der Waals surface area contributed by atoms with Gasteiger partial charge in [0.2, 0.25) is 0 Å². The lowest BCUT2D eigenvalue weighted by atomic mass is 10.2. The number of hydrogen-bond donors (Lipinski definition) is 2. The van der Waals surface area contributed by atoms with E-state index in [0.29, 0.717) is 0 Å². The van der Waals surface area contributed by atoms with Gasteiger partial charge < -0.3 is 11.1 Å². The molecule has 0 unspecified atom stereocenters. The van der Waals surface area contributed by atoms with Crippen LogP contribution < -0.4 is 11.1 Å². The molecule has 0 radical (unpaired) electrons. The zero-order valence-electron chi connectivity index (χ0n) is 10.2. The maximum atomic E-state index is 13.8. The van der Waals surface area contributed by atoms with Crippen LogP contribution >= 0.6 is 12.2 Å². The molecule has 0 fully saturated rings. The van der Waals surface area contributed by atoms with Crippen molar-refractivity contribution in [3.8, 4) is 0 Å². The van der Waals surface area contributed by atoms with E-state index in [1.54, 1.807) is 24.0 Å². The van der Waals surface area contributed by atoms with Crippen LogP contribution in [-0.4, -0.2) is 14.8 Å². The molecule has 100 valence electrons. The summed E-state index contributed by atoms with van der Waals surface area (Å²) in [5, 5.41) is 6.66. The van der Waals surface area contributed by atoms with Gasteiger partial charge in [-0.25, -0.2) is 8.78 Å². The molecule has 1 aromatic carbocycles. The van der Waals surface area contributed by atoms with Crippen LogP contribution in [0.25, 0.3) is 0 Å². The first-order valence-corrected chi connectivity index (χ1v) is 5.89. The van der Waals surface area contributed by atoms with Crippen LogP contribution in [0, 0.1) is 11.6 Å². The van der Waals surface area contributed by atoms with E-state index >= 15 is 0 Å². The molecule has 4 nitrogen and oxygen atoms in total. The van der Waals surface area contributed by atoms with Crippen molar-refractivity contribution in [3.05, 3.63) is 47.3 Å². The molecule has 2 rings (SSSR count). The molecular weight excluding hydrogens is 270 g/mol. The highest BCUT2D eigenvalue weighted by Crippen LogP contribution is 2.21. The summed E-state index contributed by atoms with van der Waals surface area (Å²) in [5.74, 6) is -1.46. The quantitative estimate of drug-likeness (QED) is 0.842. The summed E-state index contributed by atoms with van der Waals surface area (Å²) in [4.78, 5) is -0.0454. The zero-order chi connectivity index (χ0) is 14.0. The Balaban J connectivity index is 2.21. The molecule has 2 aromatic rings. The molecule has 0 aliphatic heterocycles. The number of halogens is 2. The van der Waals surface area contributed by atoms with Crippen LogP contribution in [0.2, 0.25) is 0 Å². The van der Waals surface area contributed by atoms with Gasteiger partial charge in [0, 0.05) is 18.8 Å². The predicted molar refractivity (Wildman–Crippen MR) is 72.8 cm³/mol. The highest BCUT2D eigenvalue weighted by molar-refractivity contribution is 7.80. The van der Waals surface area contributed by atoms with Gasteiger partial charge in [-0.1, -0.05) is 12.2 Å². The molecule has 0 atom stereocenters. The van der Waals surface area contributed by atoms with Crippen molar-refractivity contribution in [2.24, 2.45) is 12.8 Å². The minimum absolute atomic E-state index is 0.0454. The number of nitrogens with two attached hydrogens (primary N) is 1. The summed E-state index contributed by atoms with van der Waals surface area (Å²) in [6.45, 7) is 0.261. The number of aryl methyl sites for hydroxylation is 1. The van der Waals surface area contributed by atoms with Crippen molar-refractivity contribution in [1.29, 1.82) is 0 Å². The lowest BCUT2D eigenvalue weighted by molar-refractivity contribution is 0.586. The van der Waals surface area contributed by atoms with Crippen molar-refractivity contribution in [2.75, 3.05) is 5.32 Å². The number of aromatic nitrogens is 2. The van der Waals surface area contributed by atoms with Gasteiger partial charge in [0.15, 0.2) is 0 Å². The highest BCUT2D eigenvalue weighted by Gasteiger charge is 2.12. The largest absolute Gasteiger partial charge is 0.389 e. The molecule has 0 saturated heterocycles. The van der Waals surface area contributed by atoms with E-state index in [4.69, 9.17) is 5.73 Å². The molecule has 19 heavy (non-hydrogen) atoms. The molecule has 0 saturated carbocycles. The predicted octanol–water partition coefficient (Wildman–Crippen LogP) is 1.94. The third-order valence-electron chi connectivity index (χ3n) is 2.70. The molecule has 7 heteroatoms. The van der Waals surface area contributed by atoms with Crippen molar-refractivity contribution < 1.29 is 8.78 Å². The van der Waals surface area contributed by atoms with Crippen molar-refractivity contribution in [2.45, 2.75) is 6.54 Å². The van der Waals surface area contributed by atoms with Gasteiger partial charge in [-0.2, -0.15) is 5.10 Å². The molecule has 0 aliphatic carbocycles. The number of hydrogen-bond acceptors (Lipinski definition) is 3. The molecule has 1 aromatic heterocycles. The van der Waals surface area contributed by atoms with Gasteiger partial charge >= 0.3 is 0 Å². The fourth-order valence-electron chi connectivity index (χ4n) is 1.64. The van der Waals surface area contributed by atoms with E-state index in [1.807, 2.05) is 0 Å². The van der Waals surface area contributed by atoms with Gasteiger partial charge in [-0.15, -0.1) is 0 Å². The SMILES string of the molecule is Cn1nccc1CNc1c(F)cc(C(N)=S)cc1F. The fraction of sp³-hybridized carbons (Fsp3) is 0.167. The average Bonchev–Trinajstić information content (AvgIpc) is 2.73. The highest BCUT2D eigenvalue weighted by atomic mass is 32.1. The van der Waals surface area contributed by atoms with Gasteiger partial charge in [-0.05, 0) is 18.2 Å². The normalized spacial score (nSPS) is 10.5. The van der Waals surface area contributed by atoms with E-state index in [-0.39, 0.29) is 22.8 Å². The lowest BCUT2D eigenvalue weighted by Gasteiger charge is -2.10. The molecule has 3 N–H and O–H groups in total. The zero-order valence-corrected chi connectivity index (χ0v) is 11.0. The van der Waals surface area contributed by atoms with Crippen LogP contribution in [0.1, 0.15) is 11.3 Å². The van der Waals surface area contributed by atoms with Crippen LogP contribution in [0.5, 0.6) is 0 Å². The first kappa shape index (κ1) is 13.4. The lowest BCUT2D eigenvalue weighted by Crippen LogP contribution is -2.12. The monoisotopic (exact) mass is 282 g/mol. The van der Waals surface area contributed by atoms with Crippen LogP contribution in [-0.2, 0) is 13.6 Å². The molecule has 0 spiro atoms. The first-order valence-electron chi connectivity index (χ1n) is 5.48. The number of nitrogens with zero attached hydrogens (tertiary/aromatic N) is 2. The summed E-state index contributed by atoms with van der Waals surface area (Å²) < 4.78 is 29.1. The van der Waals surface area contributed by atoms with Gasteiger partial charge in [-0.3, -0.25) is 4.68 Å². The van der Waals surface area contributed by atoms with E-state index in [0.717, 1.165) is 17.8 Å². The van der Waals surface area contributed by atoms with Gasteiger partial charge in [0.25, 0.3) is 0 Å². The van der Waals surface area contributed by atoms with Crippen LogP contribution in [0.4, 0.5) is 14.5 Å². The van der Waals surface area contributed by atoms with Crippen molar-refractivity contribution >= 4 is 22.9 Å². The Morgan fingerprint density at radius 3 is 2.53 bits per heavy atom. The second kappa shape index (κ2) is 5.31.